The first-order chi connectivity index (χ1) is 8.79. The molecule has 102 valence electrons. The Labute approximate surface area is 112 Å². The van der Waals surface area contributed by atoms with E-state index in [0.717, 1.165) is 11.1 Å². The molecule has 0 heterocycles. The molecule has 1 aromatic carbocycles. The predicted octanol–water partition coefficient (Wildman–Crippen LogP) is 1.77. The Morgan fingerprint density at radius 3 is 2.58 bits per heavy atom. The minimum Gasteiger partial charge on any atom is -0.459 e. The molecule has 0 radical (unpaired) electrons. The molecule has 2 rings (SSSR count). The molecule has 0 aromatic heterocycles. The Kier molecular flexibility index (Phi) is 3.45. The fourth-order valence-electron chi connectivity index (χ4n) is 2.29. The van der Waals surface area contributed by atoms with Crippen LogP contribution in [0.15, 0.2) is 24.3 Å². The Bertz CT molecular complexity index is 516. The van der Waals surface area contributed by atoms with Crippen molar-refractivity contribution in [3.63, 3.8) is 0 Å². The summed E-state index contributed by atoms with van der Waals surface area (Å²) in [6, 6.07) is 6.73. The number of esters is 1. The summed E-state index contributed by atoms with van der Waals surface area (Å²) in [6.45, 7) is 5.35. The van der Waals surface area contributed by atoms with E-state index in [1.807, 2.05) is 24.3 Å². The number of fused-ring (bicyclic) bond motifs is 1. The molecule has 4 heteroatoms. The topological polar surface area (TPSA) is 69.4 Å². The van der Waals surface area contributed by atoms with Crippen LogP contribution in [0.2, 0.25) is 0 Å². The molecule has 4 nitrogen and oxygen atoms in total. The second-order valence-corrected chi connectivity index (χ2v) is 5.87. The monoisotopic (exact) mass is 261 g/mol. The highest BCUT2D eigenvalue weighted by atomic mass is 16.6. The quantitative estimate of drug-likeness (QED) is 0.618. The lowest BCUT2D eigenvalue weighted by Crippen LogP contribution is -2.41. The molecular formula is C15H19NO3. The normalized spacial score (nSPS) is 22.8. The van der Waals surface area contributed by atoms with Gasteiger partial charge >= 0.3 is 5.97 Å². The summed E-state index contributed by atoms with van der Waals surface area (Å²) >= 11 is 0. The number of ether oxygens (including phenoxy) is 1. The van der Waals surface area contributed by atoms with Crippen molar-refractivity contribution in [1.29, 1.82) is 0 Å². The van der Waals surface area contributed by atoms with Crippen LogP contribution >= 0.6 is 0 Å². The Balaban J connectivity index is 2.26. The van der Waals surface area contributed by atoms with Crippen molar-refractivity contribution in [3.8, 4) is 0 Å². The van der Waals surface area contributed by atoms with Gasteiger partial charge in [0, 0.05) is 0 Å². The molecule has 0 aliphatic heterocycles. The maximum atomic E-state index is 12.2. The maximum Gasteiger partial charge on any atom is 0.317 e. The minimum absolute atomic E-state index is 0.257. The Morgan fingerprint density at radius 2 is 1.95 bits per heavy atom. The second kappa shape index (κ2) is 4.78. The number of hydrogen-bond acceptors (Lipinski definition) is 4. The van der Waals surface area contributed by atoms with E-state index in [1.165, 1.54) is 0 Å². The molecular weight excluding hydrogens is 242 g/mol. The fraction of sp³-hybridized carbons (Fsp3) is 0.467. The highest BCUT2D eigenvalue weighted by Gasteiger charge is 2.39. The van der Waals surface area contributed by atoms with Gasteiger partial charge in [-0.15, -0.1) is 0 Å². The van der Waals surface area contributed by atoms with Gasteiger partial charge in [-0.3, -0.25) is 9.59 Å². The zero-order valence-corrected chi connectivity index (χ0v) is 11.5. The number of carbonyl (C=O) groups is 2. The largest absolute Gasteiger partial charge is 0.459 e. The molecule has 0 saturated heterocycles. The average molecular weight is 261 g/mol. The van der Waals surface area contributed by atoms with Gasteiger partial charge in [-0.05, 0) is 38.3 Å². The molecule has 1 aliphatic carbocycles. The van der Waals surface area contributed by atoms with Crippen LogP contribution in [0.1, 0.15) is 37.9 Å². The van der Waals surface area contributed by atoms with E-state index in [4.69, 9.17) is 10.5 Å². The van der Waals surface area contributed by atoms with E-state index in [2.05, 4.69) is 0 Å². The molecule has 1 aromatic rings. The number of ketones is 1. The van der Waals surface area contributed by atoms with Crippen molar-refractivity contribution in [2.24, 2.45) is 11.7 Å². The Hall–Kier alpha value is -1.68. The standard InChI is InChI=1S/C15H19NO3/c1-15(2,3)19-14(18)11-8-9-6-4-5-7-10(9)12(16)13(11)17/h4-7,11-12H,8,16H2,1-3H3/t11-,12-/m1/s1. The maximum absolute atomic E-state index is 12.2. The summed E-state index contributed by atoms with van der Waals surface area (Å²) < 4.78 is 5.30. The summed E-state index contributed by atoms with van der Waals surface area (Å²) in [6.07, 6.45) is 0.373. The zero-order valence-electron chi connectivity index (χ0n) is 11.5. The van der Waals surface area contributed by atoms with Crippen molar-refractivity contribution in [3.05, 3.63) is 35.4 Å². The number of rotatable bonds is 1. The number of Topliss-reactive ketones (excluding diaryl/α,β-unsaturated/α-hetero) is 1. The zero-order chi connectivity index (χ0) is 14.2. The summed E-state index contributed by atoms with van der Waals surface area (Å²) in [5, 5.41) is 0. The van der Waals surface area contributed by atoms with Crippen molar-refractivity contribution in [2.45, 2.75) is 38.8 Å². The van der Waals surface area contributed by atoms with Crippen LogP contribution < -0.4 is 5.73 Å². The van der Waals surface area contributed by atoms with E-state index < -0.39 is 23.5 Å². The molecule has 0 spiro atoms. The minimum atomic E-state index is -0.788. The highest BCUT2D eigenvalue weighted by Crippen LogP contribution is 2.30. The number of nitrogens with two attached hydrogens (primary N) is 1. The van der Waals surface area contributed by atoms with Gasteiger partial charge in [-0.25, -0.2) is 0 Å². The molecule has 2 atom stereocenters. The van der Waals surface area contributed by atoms with Gasteiger partial charge in [-0.1, -0.05) is 24.3 Å². The van der Waals surface area contributed by atoms with Crippen LogP contribution in [-0.2, 0) is 20.7 Å². The first-order valence-electron chi connectivity index (χ1n) is 6.39. The highest BCUT2D eigenvalue weighted by molar-refractivity contribution is 6.03. The van der Waals surface area contributed by atoms with Crippen LogP contribution in [0.5, 0.6) is 0 Å². The van der Waals surface area contributed by atoms with Gasteiger partial charge in [0.2, 0.25) is 0 Å². The molecule has 1 aliphatic rings. The summed E-state index contributed by atoms with van der Waals surface area (Å²) in [5.74, 6) is -1.53. The van der Waals surface area contributed by atoms with Crippen LogP contribution in [0.3, 0.4) is 0 Å². The summed E-state index contributed by atoms with van der Waals surface area (Å²) in [5.41, 5.74) is 7.09. The number of hydrogen-bond donors (Lipinski definition) is 1. The molecule has 0 amide bonds. The smallest absolute Gasteiger partial charge is 0.317 e. The van der Waals surface area contributed by atoms with Gasteiger partial charge in [0.1, 0.15) is 11.5 Å². The van der Waals surface area contributed by atoms with E-state index in [0.29, 0.717) is 6.42 Å². The molecule has 0 fully saturated rings. The first-order valence-corrected chi connectivity index (χ1v) is 6.39. The Morgan fingerprint density at radius 1 is 1.32 bits per heavy atom. The molecule has 0 saturated carbocycles. The van der Waals surface area contributed by atoms with Gasteiger partial charge in [-0.2, -0.15) is 0 Å². The first kappa shape index (κ1) is 13.7. The van der Waals surface area contributed by atoms with Gasteiger partial charge < -0.3 is 10.5 Å². The van der Waals surface area contributed by atoms with Crippen molar-refractivity contribution < 1.29 is 14.3 Å². The third-order valence-corrected chi connectivity index (χ3v) is 3.16. The second-order valence-electron chi connectivity index (χ2n) is 5.87. The van der Waals surface area contributed by atoms with Crippen LogP contribution in [0.25, 0.3) is 0 Å². The fourth-order valence-corrected chi connectivity index (χ4v) is 2.29. The van der Waals surface area contributed by atoms with E-state index in [-0.39, 0.29) is 5.78 Å². The average Bonchev–Trinajstić information content (AvgIpc) is 2.31. The van der Waals surface area contributed by atoms with Crippen molar-refractivity contribution >= 4 is 11.8 Å². The molecule has 2 N–H and O–H groups in total. The van der Waals surface area contributed by atoms with E-state index in [1.54, 1.807) is 20.8 Å². The lowest BCUT2D eigenvalue weighted by atomic mass is 9.80. The number of benzene rings is 1. The molecule has 0 unspecified atom stereocenters. The van der Waals surface area contributed by atoms with Crippen LogP contribution in [0, 0.1) is 5.92 Å². The van der Waals surface area contributed by atoms with E-state index >= 15 is 0 Å². The summed E-state index contributed by atoms with van der Waals surface area (Å²) in [7, 11) is 0. The van der Waals surface area contributed by atoms with E-state index in [9.17, 15) is 9.59 Å². The lowest BCUT2D eigenvalue weighted by Gasteiger charge is -2.29. The van der Waals surface area contributed by atoms with Gasteiger partial charge in [0.05, 0.1) is 6.04 Å². The number of carbonyl (C=O) groups excluding carboxylic acids is 2. The third-order valence-electron chi connectivity index (χ3n) is 3.16. The van der Waals surface area contributed by atoms with Crippen molar-refractivity contribution in [2.75, 3.05) is 0 Å². The van der Waals surface area contributed by atoms with Gasteiger partial charge in [0.25, 0.3) is 0 Å². The predicted molar refractivity (Wildman–Crippen MR) is 71.4 cm³/mol. The molecule has 19 heavy (non-hydrogen) atoms. The lowest BCUT2D eigenvalue weighted by molar-refractivity contribution is -0.162. The van der Waals surface area contributed by atoms with Gasteiger partial charge in [0.15, 0.2) is 5.78 Å². The van der Waals surface area contributed by atoms with Crippen LogP contribution in [0.4, 0.5) is 0 Å². The van der Waals surface area contributed by atoms with Crippen LogP contribution in [-0.4, -0.2) is 17.4 Å². The molecule has 0 bridgehead atoms. The third kappa shape index (κ3) is 2.84. The van der Waals surface area contributed by atoms with Crippen molar-refractivity contribution in [1.82, 2.24) is 0 Å². The summed E-state index contributed by atoms with van der Waals surface area (Å²) in [4.78, 5) is 24.3. The SMILES string of the molecule is CC(C)(C)OC(=O)[C@@H]1Cc2ccccc2[C@@H](N)C1=O.